The molecule has 2 unspecified atom stereocenters. The van der Waals surface area contributed by atoms with E-state index in [0.717, 1.165) is 0 Å². The highest BCUT2D eigenvalue weighted by Crippen LogP contribution is 2.25. The van der Waals surface area contributed by atoms with Gasteiger partial charge in [-0.1, -0.05) is 6.07 Å². The molecule has 0 spiro atoms. The summed E-state index contributed by atoms with van der Waals surface area (Å²) in [7, 11) is 1.57. The van der Waals surface area contributed by atoms with Crippen molar-refractivity contribution in [3.8, 4) is 6.07 Å². The molecule has 2 rings (SSSR count). The van der Waals surface area contributed by atoms with Gasteiger partial charge in [-0.3, -0.25) is 14.6 Å². The number of nitrogens with zero attached hydrogens (tertiary/aromatic N) is 3. The summed E-state index contributed by atoms with van der Waals surface area (Å²) in [4.78, 5) is 30.0. The van der Waals surface area contributed by atoms with Crippen LogP contribution in [0.5, 0.6) is 0 Å². The summed E-state index contributed by atoms with van der Waals surface area (Å²) in [5, 5.41) is 9.25. The first-order valence-corrected chi connectivity index (χ1v) is 6.78. The second-order valence-corrected chi connectivity index (χ2v) is 4.95. The van der Waals surface area contributed by atoms with Crippen LogP contribution in [0.2, 0.25) is 0 Å². The average molecular weight is 287 g/mol. The largest absolute Gasteiger partial charge is 0.383 e. The molecule has 0 aliphatic carbocycles. The number of hydrogen-bond acceptors (Lipinski definition) is 5. The summed E-state index contributed by atoms with van der Waals surface area (Å²) in [5.41, 5.74) is 0.438. The quantitative estimate of drug-likeness (QED) is 0.771. The van der Waals surface area contributed by atoms with Crippen LogP contribution in [-0.2, 0) is 14.3 Å². The van der Waals surface area contributed by atoms with Crippen LogP contribution in [0.3, 0.4) is 0 Å². The summed E-state index contributed by atoms with van der Waals surface area (Å²) in [6, 6.07) is 7.13. The number of pyridine rings is 1. The van der Waals surface area contributed by atoms with Crippen LogP contribution in [0.1, 0.15) is 18.0 Å². The maximum atomic E-state index is 12.5. The van der Waals surface area contributed by atoms with Crippen molar-refractivity contribution in [2.24, 2.45) is 5.92 Å². The number of carbonyl (C=O) groups is 2. The number of likely N-dealkylation sites (tertiary alicyclic amines) is 1. The fraction of sp³-hybridized carbons (Fsp3) is 0.467. The lowest BCUT2D eigenvalue weighted by Gasteiger charge is -2.16. The van der Waals surface area contributed by atoms with Gasteiger partial charge >= 0.3 is 0 Å². The summed E-state index contributed by atoms with van der Waals surface area (Å²) in [6.07, 6.45) is 1.71. The summed E-state index contributed by atoms with van der Waals surface area (Å²) < 4.78 is 4.94. The van der Waals surface area contributed by atoms with E-state index in [1.54, 1.807) is 36.4 Å². The third-order valence-corrected chi connectivity index (χ3v) is 3.58. The lowest BCUT2D eigenvalue weighted by Crippen LogP contribution is -2.30. The molecule has 110 valence electrons. The Morgan fingerprint density at radius 2 is 2.43 bits per heavy atom. The van der Waals surface area contributed by atoms with Crippen molar-refractivity contribution >= 4 is 11.7 Å². The van der Waals surface area contributed by atoms with Gasteiger partial charge in [0.2, 0.25) is 5.91 Å². The minimum atomic E-state index is -0.911. The zero-order chi connectivity index (χ0) is 15.2. The highest BCUT2D eigenvalue weighted by molar-refractivity contribution is 5.95. The molecule has 0 radical (unpaired) electrons. The Morgan fingerprint density at radius 1 is 1.62 bits per heavy atom. The van der Waals surface area contributed by atoms with E-state index in [9.17, 15) is 14.9 Å². The number of aromatic nitrogens is 1. The standard InChI is InChI=1S/C15H17N3O3/c1-21-7-6-18-10-11(8-14(18)19)15(20)12(9-16)13-4-2-3-5-17-13/h2-5,11-12H,6-8,10H2,1H3. The highest BCUT2D eigenvalue weighted by Gasteiger charge is 2.38. The predicted molar refractivity (Wildman–Crippen MR) is 74.2 cm³/mol. The Balaban J connectivity index is 2.06. The van der Waals surface area contributed by atoms with Gasteiger partial charge in [-0.2, -0.15) is 5.26 Å². The van der Waals surface area contributed by atoms with E-state index in [1.165, 1.54) is 0 Å². The Morgan fingerprint density at radius 3 is 3.05 bits per heavy atom. The van der Waals surface area contributed by atoms with Crippen molar-refractivity contribution in [1.29, 1.82) is 5.26 Å². The number of hydrogen-bond donors (Lipinski definition) is 0. The third kappa shape index (κ3) is 3.44. The van der Waals surface area contributed by atoms with Crippen LogP contribution < -0.4 is 0 Å². The third-order valence-electron chi connectivity index (χ3n) is 3.58. The fourth-order valence-electron chi connectivity index (χ4n) is 2.44. The maximum Gasteiger partial charge on any atom is 0.223 e. The number of methoxy groups -OCH3 is 1. The molecule has 1 aliphatic heterocycles. The molecule has 1 aromatic heterocycles. The molecule has 0 saturated carbocycles. The normalized spacial score (nSPS) is 19.3. The van der Waals surface area contributed by atoms with Crippen LogP contribution in [0.15, 0.2) is 24.4 Å². The number of carbonyl (C=O) groups excluding carboxylic acids is 2. The first-order chi connectivity index (χ1) is 10.2. The Hall–Kier alpha value is -2.26. The van der Waals surface area contributed by atoms with Gasteiger partial charge in [-0.15, -0.1) is 0 Å². The van der Waals surface area contributed by atoms with Crippen molar-refractivity contribution in [1.82, 2.24) is 9.88 Å². The molecule has 21 heavy (non-hydrogen) atoms. The Kier molecular flexibility index (Phi) is 5.01. The first kappa shape index (κ1) is 15.1. The van der Waals surface area contributed by atoms with Crippen LogP contribution in [0.4, 0.5) is 0 Å². The predicted octanol–water partition coefficient (Wildman–Crippen LogP) is 0.753. The van der Waals surface area contributed by atoms with Crippen molar-refractivity contribution in [3.63, 3.8) is 0 Å². The van der Waals surface area contributed by atoms with Crippen LogP contribution >= 0.6 is 0 Å². The molecular weight excluding hydrogens is 270 g/mol. The molecule has 6 heteroatoms. The lowest BCUT2D eigenvalue weighted by molar-refractivity contribution is -0.129. The van der Waals surface area contributed by atoms with E-state index in [2.05, 4.69) is 4.98 Å². The number of ether oxygens (including phenoxy) is 1. The maximum absolute atomic E-state index is 12.5. The average Bonchev–Trinajstić information content (AvgIpc) is 2.88. The number of amides is 1. The number of nitriles is 1. The zero-order valence-electron chi connectivity index (χ0n) is 11.9. The SMILES string of the molecule is COCCN1CC(C(=O)C(C#N)c2ccccn2)CC1=O. The van der Waals surface area contributed by atoms with Gasteiger partial charge in [-0.05, 0) is 12.1 Å². The molecule has 1 aromatic rings. The molecule has 1 amide bonds. The molecule has 0 bridgehead atoms. The smallest absolute Gasteiger partial charge is 0.223 e. The topological polar surface area (TPSA) is 83.3 Å². The van der Waals surface area contributed by atoms with Crippen LogP contribution in [0.25, 0.3) is 0 Å². The number of Topliss-reactive ketones (excluding diaryl/α,β-unsaturated/α-hetero) is 1. The molecular formula is C15H17N3O3. The van der Waals surface area contributed by atoms with Gasteiger partial charge in [-0.25, -0.2) is 0 Å². The van der Waals surface area contributed by atoms with E-state index in [0.29, 0.717) is 25.4 Å². The fourth-order valence-corrected chi connectivity index (χ4v) is 2.44. The first-order valence-electron chi connectivity index (χ1n) is 6.78. The molecule has 1 aliphatic rings. The molecule has 6 nitrogen and oxygen atoms in total. The minimum Gasteiger partial charge on any atom is -0.383 e. The zero-order valence-corrected chi connectivity index (χ0v) is 11.9. The summed E-state index contributed by atoms with van der Waals surface area (Å²) in [6.45, 7) is 1.26. The van der Waals surface area contributed by atoms with E-state index in [1.807, 2.05) is 6.07 Å². The van der Waals surface area contributed by atoms with E-state index < -0.39 is 11.8 Å². The van der Waals surface area contributed by atoms with Gasteiger partial charge in [0.25, 0.3) is 0 Å². The van der Waals surface area contributed by atoms with Crippen molar-refractivity contribution in [2.75, 3.05) is 26.8 Å². The van der Waals surface area contributed by atoms with Crippen LogP contribution in [0, 0.1) is 17.2 Å². The van der Waals surface area contributed by atoms with Gasteiger partial charge in [0.1, 0.15) is 5.92 Å². The van der Waals surface area contributed by atoms with Crippen molar-refractivity contribution < 1.29 is 14.3 Å². The van der Waals surface area contributed by atoms with Gasteiger partial charge < -0.3 is 9.64 Å². The number of ketones is 1. The number of rotatable bonds is 6. The second-order valence-electron chi connectivity index (χ2n) is 4.95. The van der Waals surface area contributed by atoms with E-state index in [4.69, 9.17) is 4.74 Å². The molecule has 2 atom stereocenters. The van der Waals surface area contributed by atoms with Gasteiger partial charge in [0.15, 0.2) is 5.78 Å². The van der Waals surface area contributed by atoms with E-state index in [-0.39, 0.29) is 18.1 Å². The van der Waals surface area contributed by atoms with E-state index >= 15 is 0 Å². The van der Waals surface area contributed by atoms with Gasteiger partial charge in [0, 0.05) is 38.7 Å². The second kappa shape index (κ2) is 6.95. The lowest BCUT2D eigenvalue weighted by atomic mass is 9.90. The Bertz CT molecular complexity index is 553. The molecule has 1 saturated heterocycles. The van der Waals surface area contributed by atoms with Crippen molar-refractivity contribution in [2.45, 2.75) is 12.3 Å². The minimum absolute atomic E-state index is 0.0666. The van der Waals surface area contributed by atoms with Crippen LogP contribution in [-0.4, -0.2) is 48.4 Å². The molecule has 1 fully saturated rings. The Labute approximate surface area is 123 Å². The van der Waals surface area contributed by atoms with Crippen molar-refractivity contribution in [3.05, 3.63) is 30.1 Å². The highest BCUT2D eigenvalue weighted by atomic mass is 16.5. The summed E-state index contributed by atoms with van der Waals surface area (Å²) >= 11 is 0. The van der Waals surface area contributed by atoms with Gasteiger partial charge in [0.05, 0.1) is 18.4 Å². The monoisotopic (exact) mass is 287 g/mol. The molecule has 0 N–H and O–H groups in total. The summed E-state index contributed by atoms with van der Waals surface area (Å²) in [5.74, 6) is -1.65. The molecule has 0 aromatic carbocycles. The molecule has 2 heterocycles.